The van der Waals surface area contributed by atoms with Gasteiger partial charge in [-0.1, -0.05) is 0 Å². The van der Waals surface area contributed by atoms with Gasteiger partial charge in [0.2, 0.25) is 0 Å². The SMILES string of the molecule is COc1ccc(C2CCCN2C(=O)NCC(C2CCOC2)N2CCOCC2)c(OC)c1. The number of methoxy groups -OCH3 is 2. The number of likely N-dealkylation sites (tertiary alicyclic amines) is 1. The van der Waals surface area contributed by atoms with E-state index in [-0.39, 0.29) is 18.1 Å². The highest BCUT2D eigenvalue weighted by atomic mass is 16.5. The van der Waals surface area contributed by atoms with Gasteiger partial charge in [0, 0.05) is 56.4 Å². The molecule has 3 fully saturated rings. The van der Waals surface area contributed by atoms with E-state index < -0.39 is 0 Å². The number of nitrogens with zero attached hydrogens (tertiary/aromatic N) is 2. The van der Waals surface area contributed by atoms with Crippen LogP contribution in [0.4, 0.5) is 4.79 Å². The van der Waals surface area contributed by atoms with Crippen LogP contribution in [0.3, 0.4) is 0 Å². The van der Waals surface area contributed by atoms with Crippen molar-refractivity contribution < 1.29 is 23.7 Å². The van der Waals surface area contributed by atoms with E-state index in [1.165, 1.54) is 0 Å². The topological polar surface area (TPSA) is 72.5 Å². The number of ether oxygens (including phenoxy) is 4. The van der Waals surface area contributed by atoms with Gasteiger partial charge >= 0.3 is 6.03 Å². The molecule has 31 heavy (non-hydrogen) atoms. The van der Waals surface area contributed by atoms with Crippen LogP contribution in [0, 0.1) is 5.92 Å². The lowest BCUT2D eigenvalue weighted by Crippen LogP contribution is -2.53. The standard InChI is InChI=1S/C23H35N3O5/c1-28-18-5-6-19(22(14-18)29-2)20-4-3-8-26(20)23(27)24-15-21(17-7-11-31-16-17)25-9-12-30-13-10-25/h5-6,14,17,20-21H,3-4,7-13,15-16H2,1-2H3,(H,24,27). The molecular formula is C23H35N3O5. The summed E-state index contributed by atoms with van der Waals surface area (Å²) < 4.78 is 22.1. The fourth-order valence-electron chi connectivity index (χ4n) is 5.08. The molecule has 2 amide bonds. The molecule has 0 saturated carbocycles. The number of morpholine rings is 1. The fourth-order valence-corrected chi connectivity index (χ4v) is 5.08. The maximum Gasteiger partial charge on any atom is 0.317 e. The minimum absolute atomic E-state index is 0.00227. The van der Waals surface area contributed by atoms with Crippen LogP contribution in [0.25, 0.3) is 0 Å². The molecule has 3 aliphatic rings. The number of carbonyl (C=O) groups excluding carboxylic acids is 1. The first kappa shape index (κ1) is 22.2. The van der Waals surface area contributed by atoms with E-state index in [1.54, 1.807) is 14.2 Å². The summed E-state index contributed by atoms with van der Waals surface area (Å²) in [4.78, 5) is 17.6. The van der Waals surface area contributed by atoms with Crippen LogP contribution in [0.5, 0.6) is 11.5 Å². The summed E-state index contributed by atoms with van der Waals surface area (Å²) in [5.41, 5.74) is 1.03. The van der Waals surface area contributed by atoms with Crippen LogP contribution in [0.2, 0.25) is 0 Å². The summed E-state index contributed by atoms with van der Waals surface area (Å²) >= 11 is 0. The Kier molecular flexibility index (Phi) is 7.53. The lowest BCUT2D eigenvalue weighted by atomic mass is 9.97. The number of nitrogens with one attached hydrogen (secondary N) is 1. The zero-order valence-electron chi connectivity index (χ0n) is 18.7. The van der Waals surface area contributed by atoms with Crippen LogP contribution in [-0.4, -0.2) is 88.7 Å². The molecule has 3 saturated heterocycles. The molecule has 3 unspecified atom stereocenters. The minimum atomic E-state index is -0.00227. The smallest absolute Gasteiger partial charge is 0.317 e. The molecule has 0 spiro atoms. The Hall–Kier alpha value is -2.03. The largest absolute Gasteiger partial charge is 0.497 e. The molecule has 1 aromatic carbocycles. The lowest BCUT2D eigenvalue weighted by Gasteiger charge is -2.38. The quantitative estimate of drug-likeness (QED) is 0.711. The molecule has 1 N–H and O–H groups in total. The third-order valence-corrected chi connectivity index (χ3v) is 6.80. The Bertz CT molecular complexity index is 734. The first-order valence-corrected chi connectivity index (χ1v) is 11.4. The maximum atomic E-state index is 13.2. The molecule has 8 heteroatoms. The van der Waals surface area contributed by atoms with Gasteiger partial charge < -0.3 is 29.2 Å². The van der Waals surface area contributed by atoms with Crippen molar-refractivity contribution in [3.05, 3.63) is 23.8 Å². The Morgan fingerprint density at radius 3 is 2.68 bits per heavy atom. The molecule has 3 heterocycles. The van der Waals surface area contributed by atoms with Gasteiger partial charge in [0.1, 0.15) is 11.5 Å². The number of urea groups is 1. The molecule has 8 nitrogen and oxygen atoms in total. The monoisotopic (exact) mass is 433 g/mol. The molecular weight excluding hydrogens is 398 g/mol. The molecule has 172 valence electrons. The van der Waals surface area contributed by atoms with Gasteiger partial charge in [0.25, 0.3) is 0 Å². The fraction of sp³-hybridized carbons (Fsp3) is 0.696. The first-order chi connectivity index (χ1) is 15.2. The third kappa shape index (κ3) is 5.07. The van der Waals surface area contributed by atoms with Gasteiger partial charge in [-0.15, -0.1) is 0 Å². The van der Waals surface area contributed by atoms with Crippen molar-refractivity contribution in [3.63, 3.8) is 0 Å². The Labute approximate surface area is 184 Å². The minimum Gasteiger partial charge on any atom is -0.497 e. The Morgan fingerprint density at radius 1 is 1.13 bits per heavy atom. The van der Waals surface area contributed by atoms with E-state index in [2.05, 4.69) is 10.2 Å². The average Bonchev–Trinajstić information content (AvgIpc) is 3.52. The molecule has 3 aliphatic heterocycles. The number of hydrogen-bond acceptors (Lipinski definition) is 6. The molecule has 0 aliphatic carbocycles. The van der Waals surface area contributed by atoms with Gasteiger partial charge in [-0.2, -0.15) is 0 Å². The molecule has 1 aromatic rings. The van der Waals surface area contributed by atoms with Crippen LogP contribution >= 0.6 is 0 Å². The van der Waals surface area contributed by atoms with Crippen molar-refractivity contribution in [1.29, 1.82) is 0 Å². The van der Waals surface area contributed by atoms with Gasteiger partial charge in [-0.05, 0) is 31.4 Å². The van der Waals surface area contributed by atoms with Crippen molar-refractivity contribution in [2.45, 2.75) is 31.3 Å². The predicted molar refractivity (Wildman–Crippen MR) is 117 cm³/mol. The molecule has 0 bridgehead atoms. The number of benzene rings is 1. The average molecular weight is 434 g/mol. The van der Waals surface area contributed by atoms with E-state index in [0.717, 1.165) is 82.4 Å². The summed E-state index contributed by atoms with van der Waals surface area (Å²) in [6, 6.07) is 6.13. The van der Waals surface area contributed by atoms with Crippen LogP contribution in [0.15, 0.2) is 18.2 Å². The highest BCUT2D eigenvalue weighted by molar-refractivity contribution is 5.75. The second-order valence-electron chi connectivity index (χ2n) is 8.48. The summed E-state index contributed by atoms with van der Waals surface area (Å²) in [5.74, 6) is 1.97. The van der Waals surface area contributed by atoms with Gasteiger partial charge in [0.05, 0.1) is 40.1 Å². The second kappa shape index (κ2) is 10.5. The molecule has 3 atom stereocenters. The summed E-state index contributed by atoms with van der Waals surface area (Å²) in [6.45, 7) is 6.29. The molecule has 0 radical (unpaired) electrons. The van der Waals surface area contributed by atoms with Gasteiger partial charge in [-0.3, -0.25) is 4.90 Å². The van der Waals surface area contributed by atoms with Crippen LogP contribution in [0.1, 0.15) is 30.9 Å². The number of amides is 2. The van der Waals surface area contributed by atoms with Crippen LogP contribution in [-0.2, 0) is 9.47 Å². The molecule has 0 aromatic heterocycles. The van der Waals surface area contributed by atoms with Crippen molar-refractivity contribution in [2.24, 2.45) is 5.92 Å². The van der Waals surface area contributed by atoms with Crippen LogP contribution < -0.4 is 14.8 Å². The van der Waals surface area contributed by atoms with E-state index in [1.807, 2.05) is 23.1 Å². The zero-order chi connectivity index (χ0) is 21.6. The number of carbonyl (C=O) groups is 1. The van der Waals surface area contributed by atoms with Gasteiger partial charge in [0.15, 0.2) is 0 Å². The molecule has 4 rings (SSSR count). The van der Waals surface area contributed by atoms with Crippen molar-refractivity contribution in [3.8, 4) is 11.5 Å². The Balaban J connectivity index is 1.43. The summed E-state index contributed by atoms with van der Waals surface area (Å²) in [6.07, 6.45) is 2.96. The van der Waals surface area contributed by atoms with Gasteiger partial charge in [-0.25, -0.2) is 4.79 Å². The maximum absolute atomic E-state index is 13.2. The van der Waals surface area contributed by atoms with Crippen molar-refractivity contribution in [1.82, 2.24) is 15.1 Å². The van der Waals surface area contributed by atoms with E-state index >= 15 is 0 Å². The highest BCUT2D eigenvalue weighted by Gasteiger charge is 2.35. The van der Waals surface area contributed by atoms with Crippen molar-refractivity contribution in [2.75, 3.05) is 66.8 Å². The van der Waals surface area contributed by atoms with E-state index in [9.17, 15) is 4.79 Å². The zero-order valence-corrected chi connectivity index (χ0v) is 18.7. The predicted octanol–water partition coefficient (Wildman–Crippen LogP) is 2.29. The normalized spacial score (nSPS) is 25.4. The van der Waals surface area contributed by atoms with Crippen molar-refractivity contribution >= 4 is 6.03 Å². The van der Waals surface area contributed by atoms with E-state index in [4.69, 9.17) is 18.9 Å². The third-order valence-electron chi connectivity index (χ3n) is 6.80. The second-order valence-corrected chi connectivity index (χ2v) is 8.48. The Morgan fingerprint density at radius 2 is 1.97 bits per heavy atom. The first-order valence-electron chi connectivity index (χ1n) is 11.4. The lowest BCUT2D eigenvalue weighted by molar-refractivity contribution is 0.00183. The number of rotatable bonds is 7. The summed E-state index contributed by atoms with van der Waals surface area (Å²) in [5, 5.41) is 3.24. The number of hydrogen-bond donors (Lipinski definition) is 1. The van der Waals surface area contributed by atoms with E-state index in [0.29, 0.717) is 12.5 Å². The highest BCUT2D eigenvalue weighted by Crippen LogP contribution is 2.38. The summed E-state index contributed by atoms with van der Waals surface area (Å²) in [7, 11) is 3.30.